The lowest BCUT2D eigenvalue weighted by molar-refractivity contribution is -0.751. The molecule has 1 aliphatic heterocycles. The van der Waals surface area contributed by atoms with Gasteiger partial charge in [0.15, 0.2) is 0 Å². The number of aromatic amines is 1. The summed E-state index contributed by atoms with van der Waals surface area (Å²) in [5, 5.41) is 2.40. The molecule has 7 nitrogen and oxygen atoms in total. The number of ether oxygens (including phenoxy) is 1. The first-order valence-electron chi connectivity index (χ1n) is 8.18. The summed E-state index contributed by atoms with van der Waals surface area (Å²) in [6, 6.07) is 0. The number of nitrogens with zero attached hydrogens (tertiary/aromatic N) is 2. The van der Waals surface area contributed by atoms with Gasteiger partial charge in [-0.25, -0.2) is 4.79 Å². The van der Waals surface area contributed by atoms with Crippen molar-refractivity contribution in [3.05, 3.63) is 16.6 Å². The third-order valence-corrected chi connectivity index (χ3v) is 4.64. The molecule has 3 rings (SSSR count). The molecular weight excluding hydrogens is 286 g/mol. The van der Waals surface area contributed by atoms with Gasteiger partial charge in [0.2, 0.25) is 0 Å². The Bertz CT molecular complexity index is 547. The van der Waals surface area contributed by atoms with Crippen LogP contribution in [-0.2, 0) is 16.1 Å². The van der Waals surface area contributed by atoms with Crippen LogP contribution in [0.1, 0.15) is 38.5 Å². The van der Waals surface area contributed by atoms with E-state index < -0.39 is 5.63 Å². The Labute approximate surface area is 129 Å². The molecule has 7 heteroatoms. The summed E-state index contributed by atoms with van der Waals surface area (Å²) < 4.78 is 11.8. The maximum atomic E-state index is 12.3. The molecule has 0 bridgehead atoms. The Kier molecular flexibility index (Phi) is 4.92. The molecule has 122 valence electrons. The zero-order chi connectivity index (χ0) is 15.4. The van der Waals surface area contributed by atoms with Crippen molar-refractivity contribution in [2.75, 3.05) is 19.7 Å². The minimum atomic E-state index is -0.482. The number of nitrogens with one attached hydrogen (secondary N) is 1. The van der Waals surface area contributed by atoms with Gasteiger partial charge in [0, 0.05) is 13.1 Å². The maximum Gasteiger partial charge on any atom is 0.426 e. The van der Waals surface area contributed by atoms with Gasteiger partial charge in [-0.05, 0) is 17.6 Å². The fourth-order valence-corrected chi connectivity index (χ4v) is 3.49. The van der Waals surface area contributed by atoms with Gasteiger partial charge in [0.25, 0.3) is 18.6 Å². The van der Waals surface area contributed by atoms with Crippen molar-refractivity contribution in [2.24, 2.45) is 5.92 Å². The van der Waals surface area contributed by atoms with Crippen LogP contribution in [0.25, 0.3) is 0 Å². The van der Waals surface area contributed by atoms with Crippen LogP contribution in [0.4, 0.5) is 0 Å². The predicted molar refractivity (Wildman–Crippen MR) is 77.0 cm³/mol. The molecular formula is C15H24N3O4+. The number of hydrogen-bond acceptors (Lipinski definition) is 4. The molecule has 1 N–H and O–H groups in total. The Morgan fingerprint density at radius 1 is 1.36 bits per heavy atom. The fourth-order valence-electron chi connectivity index (χ4n) is 3.49. The minimum absolute atomic E-state index is 0.0148. The highest BCUT2D eigenvalue weighted by Crippen LogP contribution is 2.28. The molecule has 1 amide bonds. The van der Waals surface area contributed by atoms with E-state index in [9.17, 15) is 9.59 Å². The molecule has 2 aliphatic rings. The number of hydrogen-bond donors (Lipinski definition) is 1. The molecule has 0 spiro atoms. The van der Waals surface area contributed by atoms with Crippen LogP contribution in [0, 0.1) is 5.92 Å². The lowest BCUT2D eigenvalue weighted by atomic mass is 9.85. The van der Waals surface area contributed by atoms with E-state index in [1.807, 2.05) is 4.90 Å². The number of H-pyrrole nitrogens is 1. The van der Waals surface area contributed by atoms with Crippen molar-refractivity contribution >= 4 is 5.91 Å². The molecule has 0 aromatic carbocycles. The standard InChI is InChI=1S/C15H23N3O4/c19-14(10-18-11-15(20)22-16-18)17-6-7-21-13(9-17)8-12-4-2-1-3-5-12/h11-13H,1-10H2/p+1/t13-/m0/s1. The highest BCUT2D eigenvalue weighted by atomic mass is 16.5. The van der Waals surface area contributed by atoms with E-state index in [0.717, 1.165) is 12.3 Å². The monoisotopic (exact) mass is 310 g/mol. The molecule has 1 aromatic heterocycles. The van der Waals surface area contributed by atoms with E-state index in [1.54, 1.807) is 0 Å². The highest BCUT2D eigenvalue weighted by Gasteiger charge is 2.29. The molecule has 1 aliphatic carbocycles. The highest BCUT2D eigenvalue weighted by molar-refractivity contribution is 5.74. The quantitative estimate of drug-likeness (QED) is 0.819. The lowest BCUT2D eigenvalue weighted by Crippen LogP contribution is -2.51. The van der Waals surface area contributed by atoms with Crippen LogP contribution < -0.4 is 10.3 Å². The molecule has 22 heavy (non-hydrogen) atoms. The number of rotatable bonds is 4. The first kappa shape index (κ1) is 15.3. The van der Waals surface area contributed by atoms with Crippen molar-refractivity contribution in [3.63, 3.8) is 0 Å². The van der Waals surface area contributed by atoms with Gasteiger partial charge in [-0.2, -0.15) is 0 Å². The smallest absolute Gasteiger partial charge is 0.375 e. The number of carbonyl (C=O) groups excluding carboxylic acids is 1. The Hall–Kier alpha value is -1.63. The van der Waals surface area contributed by atoms with Crippen molar-refractivity contribution in [3.8, 4) is 0 Å². The molecule has 1 saturated heterocycles. The third kappa shape index (κ3) is 3.97. The Balaban J connectivity index is 1.50. The zero-order valence-electron chi connectivity index (χ0n) is 12.8. The second-order valence-electron chi connectivity index (χ2n) is 6.34. The van der Waals surface area contributed by atoms with Gasteiger partial charge in [0.05, 0.1) is 12.7 Å². The van der Waals surface area contributed by atoms with Crippen LogP contribution in [0.3, 0.4) is 0 Å². The molecule has 1 aromatic rings. The van der Waals surface area contributed by atoms with Gasteiger partial charge in [-0.1, -0.05) is 36.8 Å². The van der Waals surface area contributed by atoms with Crippen molar-refractivity contribution in [2.45, 2.75) is 51.2 Å². The first-order chi connectivity index (χ1) is 10.7. The van der Waals surface area contributed by atoms with Gasteiger partial charge < -0.3 is 9.64 Å². The van der Waals surface area contributed by atoms with Crippen molar-refractivity contribution in [1.29, 1.82) is 0 Å². The predicted octanol–water partition coefficient (Wildman–Crippen LogP) is 0.453. The number of morpholine rings is 1. The summed E-state index contributed by atoms with van der Waals surface area (Å²) in [6.45, 7) is 1.96. The summed E-state index contributed by atoms with van der Waals surface area (Å²) in [5.74, 6) is 0.729. The van der Waals surface area contributed by atoms with E-state index in [-0.39, 0.29) is 18.6 Å². The van der Waals surface area contributed by atoms with Crippen LogP contribution in [0.15, 0.2) is 15.5 Å². The van der Waals surface area contributed by atoms with Crippen LogP contribution >= 0.6 is 0 Å². The number of amides is 1. The zero-order valence-corrected chi connectivity index (χ0v) is 12.8. The average molecular weight is 310 g/mol. The van der Waals surface area contributed by atoms with Gasteiger partial charge in [-0.3, -0.25) is 9.32 Å². The summed E-state index contributed by atoms with van der Waals surface area (Å²) in [6.07, 6.45) is 9.04. The van der Waals surface area contributed by atoms with Gasteiger partial charge in [-0.15, -0.1) is 0 Å². The van der Waals surface area contributed by atoms with Gasteiger partial charge in [0.1, 0.15) is 0 Å². The van der Waals surface area contributed by atoms with Crippen molar-refractivity contribution < 1.29 is 18.7 Å². The van der Waals surface area contributed by atoms with E-state index >= 15 is 0 Å². The molecule has 0 radical (unpaired) electrons. The maximum absolute atomic E-state index is 12.3. The molecule has 2 fully saturated rings. The summed E-state index contributed by atoms with van der Waals surface area (Å²) >= 11 is 0. The van der Waals surface area contributed by atoms with E-state index in [1.165, 1.54) is 43.0 Å². The summed E-state index contributed by atoms with van der Waals surface area (Å²) in [4.78, 5) is 25.1. The normalized spacial score (nSPS) is 23.6. The van der Waals surface area contributed by atoms with E-state index in [0.29, 0.717) is 19.7 Å². The van der Waals surface area contributed by atoms with Crippen molar-refractivity contribution in [1.82, 2.24) is 10.2 Å². The first-order valence-corrected chi connectivity index (χ1v) is 8.18. The Morgan fingerprint density at radius 2 is 2.18 bits per heavy atom. The average Bonchev–Trinajstić information content (AvgIpc) is 2.93. The van der Waals surface area contributed by atoms with Crippen LogP contribution in [-0.4, -0.2) is 41.9 Å². The molecule has 1 atom stereocenters. The fraction of sp³-hybridized carbons (Fsp3) is 0.800. The lowest BCUT2D eigenvalue weighted by Gasteiger charge is -2.34. The number of carbonyl (C=O) groups is 1. The van der Waals surface area contributed by atoms with Gasteiger partial charge >= 0.3 is 5.63 Å². The number of aromatic nitrogens is 2. The minimum Gasteiger partial charge on any atom is -0.375 e. The molecule has 0 unspecified atom stereocenters. The largest absolute Gasteiger partial charge is 0.426 e. The summed E-state index contributed by atoms with van der Waals surface area (Å²) in [5.41, 5.74) is -0.482. The Morgan fingerprint density at radius 3 is 2.91 bits per heavy atom. The SMILES string of the molecule is O=C(C[n+]1cc(=O)o[nH]1)N1CCO[C@@H](CC2CCCCC2)C1. The van der Waals surface area contributed by atoms with E-state index in [2.05, 4.69) is 9.79 Å². The second-order valence-corrected chi connectivity index (χ2v) is 6.34. The van der Waals surface area contributed by atoms with Crippen LogP contribution in [0.5, 0.6) is 0 Å². The second kappa shape index (κ2) is 7.09. The van der Waals surface area contributed by atoms with E-state index in [4.69, 9.17) is 4.74 Å². The topological polar surface area (TPSA) is 79.4 Å². The summed E-state index contributed by atoms with van der Waals surface area (Å²) in [7, 11) is 0. The third-order valence-electron chi connectivity index (χ3n) is 4.64. The van der Waals surface area contributed by atoms with Crippen LogP contribution in [0.2, 0.25) is 0 Å². The molecule has 2 heterocycles. The molecule has 1 saturated carbocycles.